The maximum atomic E-state index is 12.5. The Morgan fingerprint density at radius 3 is 2.95 bits per heavy atom. The van der Waals surface area contributed by atoms with Crippen LogP contribution in [0.1, 0.15) is 32.3 Å². The third kappa shape index (κ3) is 4.07. The van der Waals surface area contributed by atoms with E-state index in [1.165, 1.54) is 0 Å². The summed E-state index contributed by atoms with van der Waals surface area (Å²) >= 11 is 0. The average Bonchev–Trinajstić information content (AvgIpc) is 2.88. The van der Waals surface area contributed by atoms with Gasteiger partial charge in [0.05, 0.1) is 6.20 Å². The minimum Gasteiger partial charge on any atom is -0.337 e. The Morgan fingerprint density at radius 1 is 1.50 bits per heavy atom. The maximum absolute atomic E-state index is 12.5. The van der Waals surface area contributed by atoms with Crippen LogP contribution >= 0.6 is 0 Å². The van der Waals surface area contributed by atoms with E-state index in [0.29, 0.717) is 18.4 Å². The molecule has 0 radical (unpaired) electrons. The number of aryl methyl sites for hydroxylation is 1. The molecule has 1 unspecified atom stereocenters. The Hall–Kier alpha value is -1.36. The van der Waals surface area contributed by atoms with Gasteiger partial charge in [-0.25, -0.2) is 0 Å². The van der Waals surface area contributed by atoms with Crippen molar-refractivity contribution in [3.63, 3.8) is 0 Å². The lowest BCUT2D eigenvalue weighted by atomic mass is 9.99. The summed E-state index contributed by atoms with van der Waals surface area (Å²) in [6.45, 7) is 7.28. The number of hydrogen-bond donors (Lipinski definition) is 1. The quantitative estimate of drug-likeness (QED) is 0.888. The molecule has 0 spiro atoms. The lowest BCUT2D eigenvalue weighted by Gasteiger charge is -2.41. The van der Waals surface area contributed by atoms with Gasteiger partial charge in [-0.05, 0) is 31.4 Å². The van der Waals surface area contributed by atoms with Gasteiger partial charge in [-0.1, -0.05) is 13.8 Å². The minimum atomic E-state index is 0.282. The summed E-state index contributed by atoms with van der Waals surface area (Å²) in [5.41, 5.74) is 1.10. The fourth-order valence-electron chi connectivity index (χ4n) is 2.89. The van der Waals surface area contributed by atoms with Crippen LogP contribution in [0.25, 0.3) is 0 Å². The second-order valence-electron chi connectivity index (χ2n) is 6.24. The Balaban J connectivity index is 1.91. The van der Waals surface area contributed by atoms with Crippen LogP contribution in [0.5, 0.6) is 0 Å². The molecular weight excluding hydrogens is 252 g/mol. The summed E-state index contributed by atoms with van der Waals surface area (Å²) in [4.78, 5) is 16.9. The maximum Gasteiger partial charge on any atom is 0.223 e. The number of aromatic amines is 1. The predicted octanol–water partition coefficient (Wildman–Crippen LogP) is 1.53. The summed E-state index contributed by atoms with van der Waals surface area (Å²) in [6.07, 6.45) is 6.10. The van der Waals surface area contributed by atoms with Crippen LogP contribution in [0.2, 0.25) is 0 Å². The van der Waals surface area contributed by atoms with Gasteiger partial charge in [-0.3, -0.25) is 9.89 Å². The molecule has 1 fully saturated rings. The lowest BCUT2D eigenvalue weighted by Crippen LogP contribution is -2.54. The number of rotatable bonds is 5. The fourth-order valence-corrected chi connectivity index (χ4v) is 2.89. The van der Waals surface area contributed by atoms with Crippen molar-refractivity contribution in [2.24, 2.45) is 5.92 Å². The van der Waals surface area contributed by atoms with Gasteiger partial charge in [-0.2, -0.15) is 5.10 Å². The highest BCUT2D eigenvalue weighted by atomic mass is 16.2. The van der Waals surface area contributed by atoms with E-state index in [9.17, 15) is 4.79 Å². The van der Waals surface area contributed by atoms with E-state index in [4.69, 9.17) is 0 Å². The Bertz CT molecular complexity index is 414. The van der Waals surface area contributed by atoms with Gasteiger partial charge >= 0.3 is 0 Å². The zero-order valence-corrected chi connectivity index (χ0v) is 12.8. The van der Waals surface area contributed by atoms with Crippen LogP contribution in [0.4, 0.5) is 0 Å². The summed E-state index contributed by atoms with van der Waals surface area (Å²) in [7, 11) is 2.14. The first kappa shape index (κ1) is 15.0. The zero-order chi connectivity index (χ0) is 14.5. The molecule has 1 aliphatic rings. The van der Waals surface area contributed by atoms with Crippen LogP contribution in [0.15, 0.2) is 12.4 Å². The number of amides is 1. The van der Waals surface area contributed by atoms with Gasteiger partial charge < -0.3 is 9.80 Å². The van der Waals surface area contributed by atoms with Crippen LogP contribution in [-0.2, 0) is 11.2 Å². The van der Waals surface area contributed by atoms with E-state index in [-0.39, 0.29) is 5.91 Å². The summed E-state index contributed by atoms with van der Waals surface area (Å²) in [5.74, 6) is 0.903. The molecule has 5 heteroatoms. The van der Waals surface area contributed by atoms with Gasteiger partial charge in [0.1, 0.15) is 0 Å². The molecule has 5 nitrogen and oxygen atoms in total. The normalized spacial score (nSPS) is 20.6. The molecule has 0 aliphatic carbocycles. The monoisotopic (exact) mass is 278 g/mol. The van der Waals surface area contributed by atoms with Crippen molar-refractivity contribution in [1.29, 1.82) is 0 Å². The van der Waals surface area contributed by atoms with Gasteiger partial charge in [0.15, 0.2) is 0 Å². The molecule has 0 bridgehead atoms. The highest BCUT2D eigenvalue weighted by Gasteiger charge is 2.28. The van der Waals surface area contributed by atoms with Crippen LogP contribution in [-0.4, -0.2) is 58.6 Å². The molecule has 1 aromatic heterocycles. The number of aromatic nitrogens is 2. The van der Waals surface area contributed by atoms with Gasteiger partial charge in [-0.15, -0.1) is 0 Å². The molecule has 112 valence electrons. The second kappa shape index (κ2) is 6.88. The van der Waals surface area contributed by atoms with E-state index in [1.807, 2.05) is 6.20 Å². The molecule has 2 heterocycles. The Labute approximate surface area is 121 Å². The molecule has 20 heavy (non-hydrogen) atoms. The number of piperazine rings is 1. The second-order valence-corrected chi connectivity index (χ2v) is 6.24. The van der Waals surface area contributed by atoms with Crippen molar-refractivity contribution in [3.8, 4) is 0 Å². The van der Waals surface area contributed by atoms with Crippen molar-refractivity contribution in [1.82, 2.24) is 20.0 Å². The lowest BCUT2D eigenvalue weighted by molar-refractivity contribution is -0.136. The molecule has 2 rings (SSSR count). The molecule has 1 N–H and O–H groups in total. The number of H-pyrrole nitrogens is 1. The van der Waals surface area contributed by atoms with Crippen molar-refractivity contribution in [2.45, 2.75) is 39.2 Å². The summed E-state index contributed by atoms with van der Waals surface area (Å²) < 4.78 is 0. The number of carbonyl (C=O) groups excluding carboxylic acids is 1. The average molecular weight is 278 g/mol. The van der Waals surface area contributed by atoms with Gasteiger partial charge in [0.25, 0.3) is 0 Å². The number of hydrogen-bond acceptors (Lipinski definition) is 3. The number of carbonyl (C=O) groups is 1. The largest absolute Gasteiger partial charge is 0.337 e. The van der Waals surface area contributed by atoms with Gasteiger partial charge in [0, 0.05) is 38.3 Å². The summed E-state index contributed by atoms with van der Waals surface area (Å²) in [5, 5.41) is 6.71. The number of nitrogens with one attached hydrogen (secondary N) is 1. The molecule has 1 saturated heterocycles. The van der Waals surface area contributed by atoms with E-state index in [2.05, 4.69) is 40.9 Å². The minimum absolute atomic E-state index is 0.282. The molecule has 1 amide bonds. The number of nitrogens with zero attached hydrogens (tertiary/aromatic N) is 3. The van der Waals surface area contributed by atoms with Crippen molar-refractivity contribution < 1.29 is 4.79 Å². The highest BCUT2D eigenvalue weighted by molar-refractivity contribution is 5.77. The van der Waals surface area contributed by atoms with Crippen molar-refractivity contribution >= 4 is 5.91 Å². The smallest absolute Gasteiger partial charge is 0.223 e. The van der Waals surface area contributed by atoms with Crippen LogP contribution in [0.3, 0.4) is 0 Å². The van der Waals surface area contributed by atoms with Crippen LogP contribution in [0, 0.1) is 5.92 Å². The summed E-state index contributed by atoms with van der Waals surface area (Å²) in [6, 6.07) is 0.366. The first-order valence-corrected chi connectivity index (χ1v) is 7.52. The predicted molar refractivity (Wildman–Crippen MR) is 79.4 cm³/mol. The van der Waals surface area contributed by atoms with Crippen LogP contribution < -0.4 is 0 Å². The molecule has 1 aliphatic heterocycles. The molecular formula is C15H26N4O. The SMILES string of the molecule is CC(C)CC1CN(C)CCN1C(=O)CCc1cn[nH]c1. The van der Waals surface area contributed by atoms with E-state index in [1.54, 1.807) is 6.20 Å². The zero-order valence-electron chi connectivity index (χ0n) is 12.8. The molecule has 0 saturated carbocycles. The number of likely N-dealkylation sites (N-methyl/N-ethyl adjacent to an activating group) is 1. The highest BCUT2D eigenvalue weighted by Crippen LogP contribution is 2.18. The third-order valence-corrected chi connectivity index (χ3v) is 3.93. The van der Waals surface area contributed by atoms with Crippen molar-refractivity contribution in [3.05, 3.63) is 18.0 Å². The van der Waals surface area contributed by atoms with E-state index >= 15 is 0 Å². The fraction of sp³-hybridized carbons (Fsp3) is 0.733. The first-order valence-electron chi connectivity index (χ1n) is 7.52. The van der Waals surface area contributed by atoms with E-state index in [0.717, 1.165) is 38.0 Å². The molecule has 1 atom stereocenters. The van der Waals surface area contributed by atoms with Gasteiger partial charge in [0.2, 0.25) is 5.91 Å². The van der Waals surface area contributed by atoms with E-state index < -0.39 is 0 Å². The standard InChI is InChI=1S/C15H26N4O/c1-12(2)8-14-11-18(3)6-7-19(14)15(20)5-4-13-9-16-17-10-13/h9-10,12,14H,4-8,11H2,1-3H3,(H,16,17). The van der Waals surface area contributed by atoms with Crippen molar-refractivity contribution in [2.75, 3.05) is 26.7 Å². The molecule has 1 aromatic rings. The Kier molecular flexibility index (Phi) is 5.17. The topological polar surface area (TPSA) is 52.2 Å². The molecule has 0 aromatic carbocycles. The first-order chi connectivity index (χ1) is 9.56. The Morgan fingerprint density at radius 2 is 2.30 bits per heavy atom. The third-order valence-electron chi connectivity index (χ3n) is 3.93.